The Hall–Kier alpha value is -1.82. The van der Waals surface area contributed by atoms with E-state index in [2.05, 4.69) is 10.6 Å². The lowest BCUT2D eigenvalue weighted by Crippen LogP contribution is -2.50. The third kappa shape index (κ3) is 4.75. The smallest absolute Gasteiger partial charge is 0.238 e. The molecule has 0 aromatic carbocycles. The molecular weight excluding hydrogens is 246 g/mol. The van der Waals surface area contributed by atoms with Gasteiger partial charge in [-0.05, 0) is 26.0 Å². The number of amides is 2. The molecule has 6 heteroatoms. The largest absolute Gasteiger partial charge is 0.467 e. The third-order valence-corrected chi connectivity index (χ3v) is 2.72. The normalized spacial score (nSPS) is 13.7. The number of carbonyl (C=O) groups is 2. The summed E-state index contributed by atoms with van der Waals surface area (Å²) in [7, 11) is 3.37. The van der Waals surface area contributed by atoms with Gasteiger partial charge in [0.25, 0.3) is 0 Å². The summed E-state index contributed by atoms with van der Waals surface area (Å²) in [5.74, 6) is 0.457. The van der Waals surface area contributed by atoms with Crippen molar-refractivity contribution in [2.75, 3.05) is 14.1 Å². The van der Waals surface area contributed by atoms with E-state index in [1.165, 1.54) is 4.90 Å². The molecule has 2 unspecified atom stereocenters. The van der Waals surface area contributed by atoms with Crippen molar-refractivity contribution in [2.45, 2.75) is 32.5 Å². The van der Waals surface area contributed by atoms with Crippen LogP contribution in [0.1, 0.15) is 19.6 Å². The van der Waals surface area contributed by atoms with Crippen LogP contribution in [0.4, 0.5) is 0 Å². The maximum Gasteiger partial charge on any atom is 0.238 e. The number of furan rings is 1. The Morgan fingerprint density at radius 1 is 1.32 bits per heavy atom. The average Bonchev–Trinajstić information content (AvgIpc) is 2.87. The Bertz CT molecular complexity index is 415. The van der Waals surface area contributed by atoms with E-state index in [1.54, 1.807) is 46.3 Å². The lowest BCUT2D eigenvalue weighted by Gasteiger charge is -2.21. The van der Waals surface area contributed by atoms with Crippen LogP contribution in [0.25, 0.3) is 0 Å². The molecule has 1 aromatic rings. The minimum atomic E-state index is -0.450. The average molecular weight is 267 g/mol. The number of likely N-dealkylation sites (N-methyl/N-ethyl adjacent to an activating group) is 1. The second kappa shape index (κ2) is 6.94. The standard InChI is InChI=1S/C13H21N3O3/c1-9(15-10(2)13(18)16(3)4)12(17)14-8-11-6-5-7-19-11/h5-7,9-10,15H,8H2,1-4H3,(H,14,17). The van der Waals surface area contributed by atoms with Gasteiger partial charge >= 0.3 is 0 Å². The van der Waals surface area contributed by atoms with Gasteiger partial charge in [-0.15, -0.1) is 0 Å². The Kier molecular flexibility index (Phi) is 5.57. The van der Waals surface area contributed by atoms with E-state index in [4.69, 9.17) is 4.42 Å². The Labute approximate surface area is 113 Å². The number of nitrogens with one attached hydrogen (secondary N) is 2. The van der Waals surface area contributed by atoms with Crippen molar-refractivity contribution >= 4 is 11.8 Å². The fraction of sp³-hybridized carbons (Fsp3) is 0.538. The summed E-state index contributed by atoms with van der Waals surface area (Å²) in [4.78, 5) is 25.0. The van der Waals surface area contributed by atoms with E-state index in [0.717, 1.165) is 0 Å². The van der Waals surface area contributed by atoms with Gasteiger partial charge in [0.15, 0.2) is 0 Å². The second-order valence-electron chi connectivity index (χ2n) is 4.64. The van der Waals surface area contributed by atoms with Crippen LogP contribution in [0, 0.1) is 0 Å². The van der Waals surface area contributed by atoms with Gasteiger partial charge in [-0.2, -0.15) is 0 Å². The molecule has 2 N–H and O–H groups in total. The molecule has 0 radical (unpaired) electrons. The number of hydrogen-bond acceptors (Lipinski definition) is 4. The van der Waals surface area contributed by atoms with Crippen LogP contribution in [0.3, 0.4) is 0 Å². The van der Waals surface area contributed by atoms with Gasteiger partial charge < -0.3 is 14.6 Å². The Morgan fingerprint density at radius 2 is 2.00 bits per heavy atom. The van der Waals surface area contributed by atoms with Crippen molar-refractivity contribution in [1.29, 1.82) is 0 Å². The second-order valence-corrected chi connectivity index (χ2v) is 4.64. The van der Waals surface area contributed by atoms with Gasteiger partial charge in [-0.25, -0.2) is 0 Å². The van der Waals surface area contributed by atoms with E-state index in [1.807, 2.05) is 0 Å². The molecule has 106 valence electrons. The maximum atomic E-state index is 11.8. The third-order valence-electron chi connectivity index (χ3n) is 2.72. The molecule has 19 heavy (non-hydrogen) atoms. The summed E-state index contributed by atoms with van der Waals surface area (Å²) in [5.41, 5.74) is 0. The van der Waals surface area contributed by atoms with Crippen LogP contribution in [-0.4, -0.2) is 42.9 Å². The summed E-state index contributed by atoms with van der Waals surface area (Å²) in [6.07, 6.45) is 1.56. The predicted molar refractivity (Wildman–Crippen MR) is 71.3 cm³/mol. The van der Waals surface area contributed by atoms with E-state index in [0.29, 0.717) is 12.3 Å². The number of carbonyl (C=O) groups excluding carboxylic acids is 2. The van der Waals surface area contributed by atoms with Crippen LogP contribution in [0.15, 0.2) is 22.8 Å². The molecule has 0 aliphatic carbocycles. The monoisotopic (exact) mass is 267 g/mol. The fourth-order valence-corrected chi connectivity index (χ4v) is 1.65. The highest BCUT2D eigenvalue weighted by Crippen LogP contribution is 1.99. The molecule has 2 amide bonds. The quantitative estimate of drug-likeness (QED) is 0.780. The zero-order valence-electron chi connectivity index (χ0n) is 11.8. The Balaban J connectivity index is 2.38. The van der Waals surface area contributed by atoms with E-state index in [-0.39, 0.29) is 11.8 Å². The van der Waals surface area contributed by atoms with Crippen LogP contribution in [0.2, 0.25) is 0 Å². The number of rotatable bonds is 6. The molecule has 0 fully saturated rings. The first-order valence-electron chi connectivity index (χ1n) is 6.19. The highest BCUT2D eigenvalue weighted by Gasteiger charge is 2.20. The van der Waals surface area contributed by atoms with Gasteiger partial charge in [0.1, 0.15) is 5.76 Å². The lowest BCUT2D eigenvalue weighted by molar-refractivity contribution is -0.131. The van der Waals surface area contributed by atoms with Crippen molar-refractivity contribution in [3.63, 3.8) is 0 Å². The van der Waals surface area contributed by atoms with Crippen molar-refractivity contribution in [3.05, 3.63) is 24.2 Å². The van der Waals surface area contributed by atoms with Crippen molar-refractivity contribution < 1.29 is 14.0 Å². The summed E-state index contributed by atoms with van der Waals surface area (Å²) in [6, 6.07) is 2.70. The first kappa shape index (κ1) is 15.2. The highest BCUT2D eigenvalue weighted by molar-refractivity contribution is 5.84. The van der Waals surface area contributed by atoms with E-state index < -0.39 is 12.1 Å². The molecule has 0 saturated heterocycles. The minimum absolute atomic E-state index is 0.0642. The first-order chi connectivity index (χ1) is 8.91. The van der Waals surface area contributed by atoms with Crippen molar-refractivity contribution in [1.82, 2.24) is 15.5 Å². The summed E-state index contributed by atoms with van der Waals surface area (Å²) < 4.78 is 5.12. The topological polar surface area (TPSA) is 74.6 Å². The lowest BCUT2D eigenvalue weighted by atomic mass is 10.2. The van der Waals surface area contributed by atoms with E-state index >= 15 is 0 Å². The summed E-state index contributed by atoms with van der Waals surface area (Å²) >= 11 is 0. The molecule has 1 rings (SSSR count). The van der Waals surface area contributed by atoms with Crippen LogP contribution in [-0.2, 0) is 16.1 Å². The molecule has 0 bridgehead atoms. The molecule has 1 aromatic heterocycles. The fourth-order valence-electron chi connectivity index (χ4n) is 1.65. The molecule has 1 heterocycles. The first-order valence-corrected chi connectivity index (χ1v) is 6.19. The SMILES string of the molecule is CC(NC(C)C(=O)N(C)C)C(=O)NCc1ccco1. The number of hydrogen-bond donors (Lipinski definition) is 2. The van der Waals surface area contributed by atoms with Crippen LogP contribution < -0.4 is 10.6 Å². The van der Waals surface area contributed by atoms with E-state index in [9.17, 15) is 9.59 Å². The molecular formula is C13H21N3O3. The van der Waals surface area contributed by atoms with Crippen LogP contribution in [0.5, 0.6) is 0 Å². The predicted octanol–water partition coefficient (Wildman–Crippen LogP) is 0.351. The molecule has 6 nitrogen and oxygen atoms in total. The molecule has 0 aliphatic heterocycles. The van der Waals surface area contributed by atoms with Gasteiger partial charge in [-0.3, -0.25) is 14.9 Å². The highest BCUT2D eigenvalue weighted by atomic mass is 16.3. The van der Waals surface area contributed by atoms with Gasteiger partial charge in [0.2, 0.25) is 11.8 Å². The van der Waals surface area contributed by atoms with Crippen LogP contribution >= 0.6 is 0 Å². The zero-order valence-corrected chi connectivity index (χ0v) is 11.8. The summed E-state index contributed by atoms with van der Waals surface area (Å²) in [6.45, 7) is 3.80. The molecule has 0 aliphatic rings. The van der Waals surface area contributed by atoms with Crippen molar-refractivity contribution in [3.8, 4) is 0 Å². The minimum Gasteiger partial charge on any atom is -0.467 e. The van der Waals surface area contributed by atoms with Gasteiger partial charge in [0, 0.05) is 14.1 Å². The molecule has 0 saturated carbocycles. The summed E-state index contributed by atoms with van der Waals surface area (Å²) in [5, 5.41) is 5.70. The van der Waals surface area contributed by atoms with Gasteiger partial charge in [-0.1, -0.05) is 0 Å². The molecule has 0 spiro atoms. The maximum absolute atomic E-state index is 11.8. The zero-order chi connectivity index (χ0) is 14.4. The number of nitrogens with zero attached hydrogens (tertiary/aromatic N) is 1. The Morgan fingerprint density at radius 3 is 2.53 bits per heavy atom. The van der Waals surface area contributed by atoms with Crippen molar-refractivity contribution in [2.24, 2.45) is 0 Å². The van der Waals surface area contributed by atoms with Gasteiger partial charge in [0.05, 0.1) is 24.9 Å². The molecule has 2 atom stereocenters.